The second-order valence-corrected chi connectivity index (χ2v) is 8.23. The summed E-state index contributed by atoms with van der Waals surface area (Å²) in [5.41, 5.74) is 2.44. The van der Waals surface area contributed by atoms with Crippen LogP contribution >= 0.6 is 0 Å². The van der Waals surface area contributed by atoms with Crippen molar-refractivity contribution >= 4 is 23.0 Å². The van der Waals surface area contributed by atoms with Crippen molar-refractivity contribution < 1.29 is 32.3 Å². The number of carboxylic acid groups (broad SMARTS) is 1. The Morgan fingerprint density at radius 3 is 2.42 bits per heavy atom. The molecule has 6 nitrogen and oxygen atoms in total. The maximum Gasteiger partial charge on any atom is 0.416 e. The highest BCUT2D eigenvalue weighted by molar-refractivity contribution is 5.98. The number of carbonyl (C=O) groups is 2. The maximum absolute atomic E-state index is 13.1. The zero-order valence-electron chi connectivity index (χ0n) is 19.1. The van der Waals surface area contributed by atoms with Crippen molar-refractivity contribution in [2.24, 2.45) is 0 Å². The van der Waals surface area contributed by atoms with Crippen molar-refractivity contribution in [1.82, 2.24) is 10.6 Å². The Morgan fingerprint density at radius 1 is 0.889 bits per heavy atom. The molecule has 0 aliphatic carbocycles. The second-order valence-electron chi connectivity index (χ2n) is 8.23. The third-order valence-corrected chi connectivity index (χ3v) is 5.60. The summed E-state index contributed by atoms with van der Waals surface area (Å²) in [7, 11) is 0. The van der Waals surface area contributed by atoms with E-state index in [-0.39, 0.29) is 18.9 Å². The highest BCUT2D eigenvalue weighted by Gasteiger charge is 2.30. The summed E-state index contributed by atoms with van der Waals surface area (Å²) in [5, 5.41) is 14.4. The molecule has 4 aromatic rings. The van der Waals surface area contributed by atoms with Crippen LogP contribution in [0, 0.1) is 0 Å². The predicted molar refractivity (Wildman–Crippen MR) is 129 cm³/mol. The first-order valence-corrected chi connectivity index (χ1v) is 11.2. The number of fused-ring (bicyclic) bond motifs is 1. The molecular formula is C27H23F3N2O4. The molecule has 0 aliphatic rings. The highest BCUT2D eigenvalue weighted by atomic mass is 19.4. The summed E-state index contributed by atoms with van der Waals surface area (Å²) in [4.78, 5) is 23.0. The van der Waals surface area contributed by atoms with Crippen molar-refractivity contribution in [1.29, 1.82) is 0 Å². The second kappa shape index (κ2) is 10.6. The van der Waals surface area contributed by atoms with Crippen LogP contribution in [0.1, 0.15) is 33.7 Å². The van der Waals surface area contributed by atoms with Crippen molar-refractivity contribution in [3.8, 4) is 11.1 Å². The van der Waals surface area contributed by atoms with Gasteiger partial charge in [-0.25, -0.2) is 4.79 Å². The molecule has 1 aromatic heterocycles. The van der Waals surface area contributed by atoms with Gasteiger partial charge in [-0.05, 0) is 53.4 Å². The summed E-state index contributed by atoms with van der Waals surface area (Å²) in [6.45, 7) is 0.556. The number of rotatable bonds is 8. The quantitative estimate of drug-likeness (QED) is 0.257. The Bertz CT molecular complexity index is 1400. The number of alkyl halides is 3. The van der Waals surface area contributed by atoms with Gasteiger partial charge >= 0.3 is 12.3 Å². The molecule has 0 aliphatic heterocycles. The Balaban J connectivity index is 1.53. The summed E-state index contributed by atoms with van der Waals surface area (Å²) >= 11 is 0. The van der Waals surface area contributed by atoms with E-state index in [1.807, 2.05) is 24.3 Å². The minimum absolute atomic E-state index is 0.206. The fraction of sp³-hybridized carbons (Fsp3) is 0.185. The molecule has 0 fully saturated rings. The van der Waals surface area contributed by atoms with Crippen LogP contribution in [0.5, 0.6) is 0 Å². The summed E-state index contributed by atoms with van der Waals surface area (Å²) in [5.74, 6) is 0.248. The summed E-state index contributed by atoms with van der Waals surface area (Å²) in [6, 6.07) is 19.5. The molecule has 1 heterocycles. The molecule has 0 bridgehead atoms. The maximum atomic E-state index is 13.1. The molecule has 3 aromatic carbocycles. The zero-order chi connectivity index (χ0) is 25.7. The molecule has 9 heteroatoms. The Kier molecular flexibility index (Phi) is 7.28. The lowest BCUT2D eigenvalue weighted by molar-refractivity contribution is -0.137. The van der Waals surface area contributed by atoms with Gasteiger partial charge in [-0.15, -0.1) is 0 Å². The van der Waals surface area contributed by atoms with E-state index in [4.69, 9.17) is 9.52 Å². The number of amides is 2. The van der Waals surface area contributed by atoms with Gasteiger partial charge < -0.3 is 20.2 Å². The molecule has 4 rings (SSSR count). The van der Waals surface area contributed by atoms with Crippen molar-refractivity contribution in [2.75, 3.05) is 13.1 Å². The van der Waals surface area contributed by atoms with Gasteiger partial charge in [0.05, 0.1) is 5.56 Å². The van der Waals surface area contributed by atoms with Gasteiger partial charge in [-0.3, -0.25) is 4.79 Å². The zero-order valence-corrected chi connectivity index (χ0v) is 19.1. The average molecular weight is 496 g/mol. The lowest BCUT2D eigenvalue weighted by atomic mass is 9.99. The smallest absolute Gasteiger partial charge is 0.416 e. The van der Waals surface area contributed by atoms with Crippen molar-refractivity contribution in [2.45, 2.75) is 19.0 Å². The molecular weight excluding hydrogens is 473 g/mol. The van der Waals surface area contributed by atoms with E-state index in [1.54, 1.807) is 30.3 Å². The first-order valence-electron chi connectivity index (χ1n) is 11.2. The summed E-state index contributed by atoms with van der Waals surface area (Å²) < 4.78 is 45.1. The van der Waals surface area contributed by atoms with Gasteiger partial charge in [0, 0.05) is 30.5 Å². The number of hydrogen-bond acceptors (Lipinski definition) is 3. The van der Waals surface area contributed by atoms with Crippen molar-refractivity contribution in [3.63, 3.8) is 0 Å². The third kappa shape index (κ3) is 6.04. The molecule has 0 spiro atoms. The Labute approximate surface area is 204 Å². The molecule has 0 atom stereocenters. The highest BCUT2D eigenvalue weighted by Crippen LogP contribution is 2.33. The van der Waals surface area contributed by atoms with Crippen LogP contribution in [0.4, 0.5) is 18.0 Å². The van der Waals surface area contributed by atoms with Crippen LogP contribution < -0.4 is 10.6 Å². The van der Waals surface area contributed by atoms with Gasteiger partial charge in [0.2, 0.25) is 0 Å². The lowest BCUT2D eigenvalue weighted by Gasteiger charge is -2.08. The molecule has 0 radical (unpaired) electrons. The molecule has 3 N–H and O–H groups in total. The van der Waals surface area contributed by atoms with Crippen LogP contribution in [-0.4, -0.2) is 30.2 Å². The molecule has 2 amide bonds. The first kappa shape index (κ1) is 24.8. The number of furan rings is 1. The molecule has 0 saturated heterocycles. The SMILES string of the molecule is O=C(O)NCCCNC(=O)c1cccc(-c2cccc3oc(Cc4cccc(C(F)(F)F)c4)cc23)c1. The average Bonchev–Trinajstić information content (AvgIpc) is 3.25. The van der Waals surface area contributed by atoms with Crippen LogP contribution in [0.15, 0.2) is 77.2 Å². The van der Waals surface area contributed by atoms with Gasteiger partial charge in [-0.1, -0.05) is 42.5 Å². The monoisotopic (exact) mass is 496 g/mol. The van der Waals surface area contributed by atoms with E-state index in [0.717, 1.165) is 28.6 Å². The minimum atomic E-state index is -4.41. The van der Waals surface area contributed by atoms with Gasteiger partial charge in [-0.2, -0.15) is 13.2 Å². The molecule has 36 heavy (non-hydrogen) atoms. The van der Waals surface area contributed by atoms with Crippen LogP contribution in [0.3, 0.4) is 0 Å². The Hall–Kier alpha value is -4.27. The Morgan fingerprint density at radius 2 is 1.64 bits per heavy atom. The largest absolute Gasteiger partial charge is 0.465 e. The van der Waals surface area contributed by atoms with E-state index < -0.39 is 17.8 Å². The van der Waals surface area contributed by atoms with Crippen LogP contribution in [0.25, 0.3) is 22.1 Å². The fourth-order valence-corrected chi connectivity index (χ4v) is 3.93. The number of hydrogen-bond donors (Lipinski definition) is 3. The number of nitrogens with one attached hydrogen (secondary N) is 2. The lowest BCUT2D eigenvalue weighted by Crippen LogP contribution is -2.29. The van der Waals surface area contributed by atoms with Gasteiger partial charge in [0.15, 0.2) is 0 Å². The van der Waals surface area contributed by atoms with E-state index in [9.17, 15) is 22.8 Å². The summed E-state index contributed by atoms with van der Waals surface area (Å²) in [6.07, 6.45) is -4.86. The normalized spacial score (nSPS) is 11.4. The predicted octanol–water partition coefficient (Wildman–Crippen LogP) is 6.10. The van der Waals surface area contributed by atoms with Gasteiger partial charge in [0.25, 0.3) is 5.91 Å². The van der Waals surface area contributed by atoms with E-state index in [0.29, 0.717) is 35.4 Å². The van der Waals surface area contributed by atoms with E-state index >= 15 is 0 Å². The van der Waals surface area contributed by atoms with Crippen LogP contribution in [0.2, 0.25) is 0 Å². The van der Waals surface area contributed by atoms with Gasteiger partial charge in [0.1, 0.15) is 11.3 Å². The third-order valence-electron chi connectivity index (χ3n) is 5.60. The van der Waals surface area contributed by atoms with Crippen LogP contribution in [-0.2, 0) is 12.6 Å². The van der Waals surface area contributed by atoms with E-state index in [1.165, 1.54) is 6.07 Å². The molecule has 186 valence electrons. The fourth-order valence-electron chi connectivity index (χ4n) is 3.93. The van der Waals surface area contributed by atoms with E-state index in [2.05, 4.69) is 10.6 Å². The number of benzene rings is 3. The standard InChI is InChI=1S/C27H23F3N2O4/c28-27(29,30)20-8-1-5-17(13-20)14-21-16-23-22(9-3-10-24(23)36-21)18-6-2-7-19(15-18)25(33)31-11-4-12-32-26(34)35/h1-3,5-10,13,15-16,32H,4,11-12,14H2,(H,31,33)(H,34,35). The molecule has 0 saturated carbocycles. The molecule has 0 unspecified atom stereocenters. The first-order chi connectivity index (χ1) is 17.2. The topological polar surface area (TPSA) is 91.6 Å². The number of halogens is 3. The van der Waals surface area contributed by atoms with Crippen molar-refractivity contribution in [3.05, 3.63) is 95.2 Å². The minimum Gasteiger partial charge on any atom is -0.465 e. The number of carbonyl (C=O) groups excluding carboxylic acids is 1.